The van der Waals surface area contributed by atoms with Gasteiger partial charge in [-0.05, 0) is 31.0 Å². The van der Waals surface area contributed by atoms with Crippen LogP contribution >= 0.6 is 0 Å². The molecule has 18 heavy (non-hydrogen) atoms. The predicted molar refractivity (Wildman–Crippen MR) is 63.2 cm³/mol. The lowest BCUT2D eigenvalue weighted by Crippen LogP contribution is -2.26. The second-order valence-electron chi connectivity index (χ2n) is 3.83. The minimum Gasteiger partial charge on any atom is -0.481 e. The number of nitrogens with one attached hydrogen (secondary N) is 1. The summed E-state index contributed by atoms with van der Waals surface area (Å²) in [5.74, 6) is -1.82. The van der Waals surface area contributed by atoms with Gasteiger partial charge in [-0.2, -0.15) is 0 Å². The van der Waals surface area contributed by atoms with E-state index in [-0.39, 0.29) is 19.4 Å². The van der Waals surface area contributed by atoms with Gasteiger partial charge in [0.1, 0.15) is 10.7 Å². The van der Waals surface area contributed by atoms with Crippen molar-refractivity contribution in [2.45, 2.75) is 24.7 Å². The Morgan fingerprint density at radius 2 is 2.11 bits per heavy atom. The van der Waals surface area contributed by atoms with Gasteiger partial charge in [0.2, 0.25) is 10.0 Å². The first-order valence-electron chi connectivity index (χ1n) is 5.30. The molecule has 2 N–H and O–H groups in total. The molecule has 7 heteroatoms. The Hall–Kier alpha value is -1.47. The summed E-state index contributed by atoms with van der Waals surface area (Å²) >= 11 is 0. The zero-order chi connectivity index (χ0) is 13.8. The van der Waals surface area contributed by atoms with Crippen molar-refractivity contribution in [2.24, 2.45) is 0 Å². The summed E-state index contributed by atoms with van der Waals surface area (Å²) in [5.41, 5.74) is 0.623. The molecule has 5 nitrogen and oxygen atoms in total. The molecular weight excluding hydrogens is 261 g/mol. The standard InChI is InChI=1S/C11H14FNO4S/c1-8-4-5-10(9(12)7-8)18(16,17)13-6-2-3-11(14)15/h4-5,7,13H,2-3,6H2,1H3,(H,14,15). The third kappa shape index (κ3) is 4.08. The van der Waals surface area contributed by atoms with E-state index in [4.69, 9.17) is 5.11 Å². The molecule has 0 heterocycles. The van der Waals surface area contributed by atoms with Gasteiger partial charge in [0.15, 0.2) is 0 Å². The highest BCUT2D eigenvalue weighted by Crippen LogP contribution is 2.15. The van der Waals surface area contributed by atoms with Gasteiger partial charge in [0, 0.05) is 13.0 Å². The highest BCUT2D eigenvalue weighted by atomic mass is 32.2. The van der Waals surface area contributed by atoms with E-state index in [0.717, 1.165) is 6.07 Å². The van der Waals surface area contributed by atoms with Gasteiger partial charge in [-0.1, -0.05) is 6.07 Å². The molecular formula is C11H14FNO4S. The summed E-state index contributed by atoms with van der Waals surface area (Å²) in [6, 6.07) is 3.81. The molecule has 0 aliphatic heterocycles. The van der Waals surface area contributed by atoms with Gasteiger partial charge in [-0.3, -0.25) is 4.79 Å². The number of carbonyl (C=O) groups is 1. The summed E-state index contributed by atoms with van der Waals surface area (Å²) in [6.07, 6.45) is 0.0148. The van der Waals surface area contributed by atoms with Gasteiger partial charge < -0.3 is 5.11 Å². The molecule has 0 bridgehead atoms. The fourth-order valence-corrected chi connectivity index (χ4v) is 2.48. The number of aliphatic carboxylic acids is 1. The highest BCUT2D eigenvalue weighted by molar-refractivity contribution is 7.89. The summed E-state index contributed by atoms with van der Waals surface area (Å²) in [7, 11) is -3.92. The van der Waals surface area contributed by atoms with E-state index in [1.54, 1.807) is 6.92 Å². The maximum Gasteiger partial charge on any atom is 0.303 e. The van der Waals surface area contributed by atoms with Crippen molar-refractivity contribution in [3.05, 3.63) is 29.6 Å². The van der Waals surface area contributed by atoms with Crippen LogP contribution in [0.25, 0.3) is 0 Å². The zero-order valence-electron chi connectivity index (χ0n) is 9.81. The first kappa shape index (κ1) is 14.6. The van der Waals surface area contributed by atoms with Crippen molar-refractivity contribution in [3.8, 4) is 0 Å². The fraction of sp³-hybridized carbons (Fsp3) is 0.364. The van der Waals surface area contributed by atoms with Crippen LogP contribution in [0.2, 0.25) is 0 Å². The molecule has 0 amide bonds. The highest BCUT2D eigenvalue weighted by Gasteiger charge is 2.18. The molecule has 1 rings (SSSR count). The Balaban J connectivity index is 2.71. The predicted octanol–water partition coefficient (Wildman–Crippen LogP) is 1.28. The van der Waals surface area contributed by atoms with Crippen LogP contribution in [-0.2, 0) is 14.8 Å². The van der Waals surface area contributed by atoms with Crippen molar-refractivity contribution < 1.29 is 22.7 Å². The topological polar surface area (TPSA) is 83.5 Å². The quantitative estimate of drug-likeness (QED) is 0.766. The molecule has 0 saturated heterocycles. The normalized spacial score (nSPS) is 11.4. The molecule has 0 aromatic heterocycles. The molecule has 0 saturated carbocycles. The molecule has 0 aliphatic rings. The molecule has 100 valence electrons. The molecule has 0 atom stereocenters. The lowest BCUT2D eigenvalue weighted by molar-refractivity contribution is -0.137. The van der Waals surface area contributed by atoms with Crippen molar-refractivity contribution in [3.63, 3.8) is 0 Å². The molecule has 1 aromatic carbocycles. The summed E-state index contributed by atoms with van der Waals surface area (Å²) in [6.45, 7) is 1.61. The van der Waals surface area contributed by atoms with E-state index < -0.39 is 26.7 Å². The first-order valence-corrected chi connectivity index (χ1v) is 6.79. The minimum atomic E-state index is -3.92. The number of rotatable bonds is 6. The molecule has 1 aromatic rings. The van der Waals surface area contributed by atoms with E-state index in [1.807, 2.05) is 0 Å². The first-order chi connectivity index (χ1) is 8.33. The van der Waals surface area contributed by atoms with Gasteiger partial charge in [0.05, 0.1) is 0 Å². The van der Waals surface area contributed by atoms with Crippen molar-refractivity contribution in [1.82, 2.24) is 4.72 Å². The Bertz CT molecular complexity index is 542. The number of sulfonamides is 1. The van der Waals surface area contributed by atoms with E-state index in [9.17, 15) is 17.6 Å². The average Bonchev–Trinajstić information content (AvgIpc) is 2.23. The van der Waals surface area contributed by atoms with Gasteiger partial charge in [-0.25, -0.2) is 17.5 Å². The Morgan fingerprint density at radius 3 is 2.67 bits per heavy atom. The lowest BCUT2D eigenvalue weighted by atomic mass is 10.2. The van der Waals surface area contributed by atoms with E-state index >= 15 is 0 Å². The fourth-order valence-electron chi connectivity index (χ4n) is 1.35. The average molecular weight is 275 g/mol. The maximum atomic E-state index is 13.5. The summed E-state index contributed by atoms with van der Waals surface area (Å²) in [5, 5.41) is 8.40. The van der Waals surface area contributed by atoms with Crippen LogP contribution in [0.4, 0.5) is 4.39 Å². The SMILES string of the molecule is Cc1ccc(S(=O)(=O)NCCCC(=O)O)c(F)c1. The second-order valence-corrected chi connectivity index (χ2v) is 5.56. The van der Waals surface area contributed by atoms with Gasteiger partial charge in [-0.15, -0.1) is 0 Å². The minimum absolute atomic E-state index is 0.0397. The van der Waals surface area contributed by atoms with Crippen LogP contribution in [-0.4, -0.2) is 26.0 Å². The Kier molecular flexibility index (Phi) is 4.80. The summed E-state index contributed by atoms with van der Waals surface area (Å²) < 4.78 is 39.1. The number of hydrogen-bond donors (Lipinski definition) is 2. The number of benzene rings is 1. The number of aryl methyl sites for hydroxylation is 1. The van der Waals surface area contributed by atoms with Crippen LogP contribution in [0.15, 0.2) is 23.1 Å². The molecule has 0 unspecified atom stereocenters. The molecule has 0 spiro atoms. The number of hydrogen-bond acceptors (Lipinski definition) is 3. The van der Waals surface area contributed by atoms with E-state index in [1.165, 1.54) is 12.1 Å². The largest absolute Gasteiger partial charge is 0.481 e. The van der Waals surface area contributed by atoms with Crippen LogP contribution < -0.4 is 4.72 Å². The van der Waals surface area contributed by atoms with Crippen molar-refractivity contribution in [1.29, 1.82) is 0 Å². The number of carboxylic acids is 1. The monoisotopic (exact) mass is 275 g/mol. The Labute approximate surface area is 105 Å². The van der Waals surface area contributed by atoms with Crippen molar-refractivity contribution >= 4 is 16.0 Å². The maximum absolute atomic E-state index is 13.5. The number of carboxylic acid groups (broad SMARTS) is 1. The van der Waals surface area contributed by atoms with Gasteiger partial charge >= 0.3 is 5.97 Å². The van der Waals surface area contributed by atoms with Crippen LogP contribution in [0.5, 0.6) is 0 Å². The zero-order valence-corrected chi connectivity index (χ0v) is 10.6. The van der Waals surface area contributed by atoms with Crippen LogP contribution in [0.1, 0.15) is 18.4 Å². The van der Waals surface area contributed by atoms with Crippen LogP contribution in [0.3, 0.4) is 0 Å². The smallest absolute Gasteiger partial charge is 0.303 e. The van der Waals surface area contributed by atoms with Gasteiger partial charge in [0.25, 0.3) is 0 Å². The van der Waals surface area contributed by atoms with Crippen LogP contribution in [0, 0.1) is 12.7 Å². The third-order valence-corrected chi connectivity index (χ3v) is 3.73. The molecule has 0 radical (unpaired) electrons. The lowest BCUT2D eigenvalue weighted by Gasteiger charge is -2.07. The number of halogens is 1. The third-order valence-electron chi connectivity index (χ3n) is 2.24. The summed E-state index contributed by atoms with van der Waals surface area (Å²) in [4.78, 5) is 9.82. The molecule has 0 fully saturated rings. The van der Waals surface area contributed by atoms with Crippen molar-refractivity contribution in [2.75, 3.05) is 6.54 Å². The second kappa shape index (κ2) is 5.92. The Morgan fingerprint density at radius 1 is 1.44 bits per heavy atom. The van der Waals surface area contributed by atoms with E-state index in [2.05, 4.69) is 4.72 Å². The molecule has 0 aliphatic carbocycles. The van der Waals surface area contributed by atoms with E-state index in [0.29, 0.717) is 5.56 Å².